The highest BCUT2D eigenvalue weighted by atomic mass is 32.2. The Balaban J connectivity index is 1.94. The van der Waals surface area contributed by atoms with Crippen LogP contribution in [0.15, 0.2) is 57.8 Å². The number of hydrogen-bond acceptors (Lipinski definition) is 5. The maximum absolute atomic E-state index is 13.2. The zero-order valence-corrected chi connectivity index (χ0v) is 18.6. The van der Waals surface area contributed by atoms with Gasteiger partial charge >= 0.3 is 5.97 Å². The van der Waals surface area contributed by atoms with E-state index in [-0.39, 0.29) is 11.5 Å². The topological polar surface area (TPSA) is 85.6 Å². The molecule has 1 aromatic heterocycles. The lowest BCUT2D eigenvalue weighted by Gasteiger charge is -2.13. The van der Waals surface area contributed by atoms with E-state index in [1.807, 2.05) is 37.3 Å². The van der Waals surface area contributed by atoms with Crippen LogP contribution in [0.1, 0.15) is 34.2 Å². The zero-order chi connectivity index (χ0) is 22.3. The Morgan fingerprint density at radius 2 is 1.71 bits per heavy atom. The summed E-state index contributed by atoms with van der Waals surface area (Å²) in [5.41, 5.74) is 2.83. The number of rotatable bonds is 5. The van der Waals surface area contributed by atoms with Crippen molar-refractivity contribution in [1.29, 1.82) is 0 Å². The number of sulfonamides is 1. The largest absolute Gasteiger partial charge is 0.462 e. The monoisotopic (exact) mass is 437 g/mol. The summed E-state index contributed by atoms with van der Waals surface area (Å²) in [5.74, 6) is -0.0785. The van der Waals surface area contributed by atoms with Crippen molar-refractivity contribution in [3.8, 4) is 0 Å². The van der Waals surface area contributed by atoms with Gasteiger partial charge in [0.2, 0.25) is 0 Å². The molecule has 31 heavy (non-hydrogen) atoms. The standard InChI is InChI=1S/C24H23NO5S/c1-5-29-24(26)22-16(4)30-23-18-9-7-6-8-17(18)20(13-19(22)23)25-31(27,28)21-11-10-14(2)12-15(21)3/h6-13,25H,5H2,1-4H3. The van der Waals surface area contributed by atoms with Crippen molar-refractivity contribution in [3.05, 3.63) is 71.0 Å². The second-order valence-electron chi connectivity index (χ2n) is 7.47. The second-order valence-corrected chi connectivity index (χ2v) is 9.13. The Labute approximate surface area is 180 Å². The molecular weight excluding hydrogens is 414 g/mol. The van der Waals surface area contributed by atoms with Crippen LogP contribution in [0.2, 0.25) is 0 Å². The van der Waals surface area contributed by atoms with Crippen LogP contribution in [-0.4, -0.2) is 21.0 Å². The van der Waals surface area contributed by atoms with Crippen molar-refractivity contribution in [3.63, 3.8) is 0 Å². The Morgan fingerprint density at radius 1 is 1.00 bits per heavy atom. The third-order valence-corrected chi connectivity index (χ3v) is 6.74. The average molecular weight is 438 g/mol. The van der Waals surface area contributed by atoms with E-state index in [1.54, 1.807) is 39.0 Å². The summed E-state index contributed by atoms with van der Waals surface area (Å²) in [6.07, 6.45) is 0. The summed E-state index contributed by atoms with van der Waals surface area (Å²) in [6.45, 7) is 7.33. The Hall–Kier alpha value is -3.32. The fourth-order valence-corrected chi connectivity index (χ4v) is 5.18. The van der Waals surface area contributed by atoms with Crippen molar-refractivity contribution in [2.45, 2.75) is 32.6 Å². The summed E-state index contributed by atoms with van der Waals surface area (Å²) >= 11 is 0. The van der Waals surface area contributed by atoms with Crippen LogP contribution in [0, 0.1) is 20.8 Å². The van der Waals surface area contributed by atoms with Gasteiger partial charge in [0.15, 0.2) is 0 Å². The van der Waals surface area contributed by atoms with Crippen molar-refractivity contribution in [2.24, 2.45) is 0 Å². The number of furan rings is 1. The van der Waals surface area contributed by atoms with Crippen LogP contribution in [0.25, 0.3) is 21.7 Å². The Kier molecular flexibility index (Phi) is 5.23. The summed E-state index contributed by atoms with van der Waals surface area (Å²) in [6, 6.07) is 14.1. The van der Waals surface area contributed by atoms with Gasteiger partial charge in [-0.2, -0.15) is 0 Å². The van der Waals surface area contributed by atoms with E-state index < -0.39 is 16.0 Å². The summed E-state index contributed by atoms with van der Waals surface area (Å²) in [4.78, 5) is 12.8. The molecule has 3 aromatic carbocycles. The third-order valence-electron chi connectivity index (χ3n) is 5.22. The predicted molar refractivity (Wildman–Crippen MR) is 121 cm³/mol. The summed E-state index contributed by atoms with van der Waals surface area (Å²) < 4.78 is 40.2. The minimum absolute atomic E-state index is 0.205. The summed E-state index contributed by atoms with van der Waals surface area (Å²) in [7, 11) is -3.85. The third kappa shape index (κ3) is 3.65. The van der Waals surface area contributed by atoms with Crippen molar-refractivity contribution in [1.82, 2.24) is 0 Å². The molecule has 0 bridgehead atoms. The molecule has 0 aliphatic carbocycles. The SMILES string of the molecule is CCOC(=O)c1c(C)oc2c1cc(NS(=O)(=O)c1ccc(C)cc1C)c1ccccc12. The molecule has 0 spiro atoms. The van der Waals surface area contributed by atoms with E-state index in [2.05, 4.69) is 4.72 Å². The molecule has 6 nitrogen and oxygen atoms in total. The molecule has 0 atom stereocenters. The van der Waals surface area contributed by atoms with E-state index in [0.29, 0.717) is 44.3 Å². The van der Waals surface area contributed by atoms with Crippen molar-refractivity contribution < 1.29 is 22.4 Å². The molecule has 0 saturated heterocycles. The van der Waals surface area contributed by atoms with Gasteiger partial charge in [-0.1, -0.05) is 42.0 Å². The van der Waals surface area contributed by atoms with Crippen molar-refractivity contribution >= 4 is 43.4 Å². The second kappa shape index (κ2) is 7.74. The number of carbonyl (C=O) groups excluding carboxylic acids is 1. The molecule has 0 saturated carbocycles. The van der Waals surface area contributed by atoms with Crippen LogP contribution in [0.3, 0.4) is 0 Å². The van der Waals surface area contributed by atoms with E-state index in [0.717, 1.165) is 5.56 Å². The lowest BCUT2D eigenvalue weighted by atomic mass is 10.0. The first-order valence-corrected chi connectivity index (χ1v) is 11.4. The van der Waals surface area contributed by atoms with Crippen LogP contribution in [0.5, 0.6) is 0 Å². The number of ether oxygens (including phenoxy) is 1. The zero-order valence-electron chi connectivity index (χ0n) is 17.8. The van der Waals surface area contributed by atoms with Gasteiger partial charge in [-0.3, -0.25) is 4.72 Å². The molecule has 0 fully saturated rings. The van der Waals surface area contributed by atoms with Crippen LogP contribution in [-0.2, 0) is 14.8 Å². The number of esters is 1. The van der Waals surface area contributed by atoms with E-state index in [4.69, 9.17) is 9.15 Å². The summed E-state index contributed by atoms with van der Waals surface area (Å²) in [5, 5.41) is 1.89. The number of fused-ring (bicyclic) bond motifs is 3. The lowest BCUT2D eigenvalue weighted by Crippen LogP contribution is -2.14. The van der Waals surface area contributed by atoms with Gasteiger partial charge in [-0.05, 0) is 45.4 Å². The maximum Gasteiger partial charge on any atom is 0.342 e. The molecule has 0 aliphatic rings. The molecule has 4 aromatic rings. The molecule has 0 aliphatic heterocycles. The predicted octanol–water partition coefficient (Wildman–Crippen LogP) is 5.49. The highest BCUT2D eigenvalue weighted by molar-refractivity contribution is 7.92. The fourth-order valence-electron chi connectivity index (χ4n) is 3.88. The van der Waals surface area contributed by atoms with Crippen molar-refractivity contribution in [2.75, 3.05) is 11.3 Å². The smallest absolute Gasteiger partial charge is 0.342 e. The normalized spacial score (nSPS) is 11.7. The Bertz CT molecular complexity index is 1430. The first kappa shape index (κ1) is 20.9. The van der Waals surface area contributed by atoms with Gasteiger partial charge in [0, 0.05) is 16.2 Å². The quantitative estimate of drug-likeness (QED) is 0.417. The molecule has 7 heteroatoms. The molecule has 1 N–H and O–H groups in total. The first-order chi connectivity index (χ1) is 14.7. The highest BCUT2D eigenvalue weighted by Gasteiger charge is 2.24. The number of anilines is 1. The molecular formula is C24H23NO5S. The van der Waals surface area contributed by atoms with E-state index >= 15 is 0 Å². The van der Waals surface area contributed by atoms with Crippen LogP contribution in [0.4, 0.5) is 5.69 Å². The molecule has 0 unspecified atom stereocenters. The number of benzene rings is 3. The van der Waals surface area contributed by atoms with Gasteiger partial charge in [-0.15, -0.1) is 0 Å². The fraction of sp³-hybridized carbons (Fsp3) is 0.208. The Morgan fingerprint density at radius 3 is 2.39 bits per heavy atom. The minimum atomic E-state index is -3.85. The number of hydrogen-bond donors (Lipinski definition) is 1. The number of nitrogens with one attached hydrogen (secondary N) is 1. The molecule has 0 radical (unpaired) electrons. The average Bonchev–Trinajstić information content (AvgIpc) is 3.04. The number of carbonyl (C=O) groups is 1. The van der Waals surface area contributed by atoms with Gasteiger partial charge < -0.3 is 9.15 Å². The first-order valence-electron chi connectivity index (χ1n) is 9.95. The van der Waals surface area contributed by atoms with Crippen LogP contribution >= 0.6 is 0 Å². The molecule has 4 rings (SSSR count). The van der Waals surface area contributed by atoms with Gasteiger partial charge in [0.1, 0.15) is 16.9 Å². The van der Waals surface area contributed by atoms with Gasteiger partial charge in [-0.25, -0.2) is 13.2 Å². The maximum atomic E-state index is 13.2. The molecule has 160 valence electrons. The van der Waals surface area contributed by atoms with Gasteiger partial charge in [0.25, 0.3) is 10.0 Å². The minimum Gasteiger partial charge on any atom is -0.462 e. The molecule has 1 heterocycles. The molecule has 0 amide bonds. The lowest BCUT2D eigenvalue weighted by molar-refractivity contribution is 0.0526. The number of aryl methyl sites for hydroxylation is 3. The van der Waals surface area contributed by atoms with E-state index in [1.165, 1.54) is 0 Å². The van der Waals surface area contributed by atoms with E-state index in [9.17, 15) is 13.2 Å². The van der Waals surface area contributed by atoms with Gasteiger partial charge in [0.05, 0.1) is 17.2 Å². The van der Waals surface area contributed by atoms with Crippen LogP contribution < -0.4 is 4.72 Å². The highest BCUT2D eigenvalue weighted by Crippen LogP contribution is 2.37.